The largest absolute Gasteiger partial charge is 0.477 e. The second kappa shape index (κ2) is 9.48. The number of nitrogens with one attached hydrogen (secondary N) is 2. The quantitative estimate of drug-likeness (QED) is 0.687. The van der Waals surface area contributed by atoms with E-state index in [1.807, 2.05) is 12.1 Å². The third kappa shape index (κ3) is 4.69. The van der Waals surface area contributed by atoms with Crippen LogP contribution in [0.15, 0.2) is 42.5 Å². The van der Waals surface area contributed by atoms with Gasteiger partial charge in [-0.15, -0.1) is 0 Å². The number of anilines is 2. The molecule has 1 atom stereocenters. The monoisotopic (exact) mass is 468 g/mol. The van der Waals surface area contributed by atoms with Gasteiger partial charge < -0.3 is 34.1 Å². The minimum Gasteiger partial charge on any atom is -0.477 e. The van der Waals surface area contributed by atoms with E-state index >= 15 is 0 Å². The number of rotatable bonds is 4. The van der Waals surface area contributed by atoms with Crippen LogP contribution >= 0.6 is 0 Å². The molecule has 0 radical (unpaired) electrons. The lowest BCUT2D eigenvalue weighted by Gasteiger charge is -2.37. The van der Waals surface area contributed by atoms with Gasteiger partial charge in [0, 0.05) is 24.8 Å². The van der Waals surface area contributed by atoms with Crippen molar-refractivity contribution in [2.45, 2.75) is 6.10 Å². The number of carbonyl (C=O) groups is 3. The number of carbonyl (C=O) groups excluding carboxylic acids is 3. The Hall–Kier alpha value is -3.99. The molecule has 1 saturated heterocycles. The van der Waals surface area contributed by atoms with Gasteiger partial charge in [-0.3, -0.25) is 14.9 Å². The molecule has 11 nitrogen and oxygen atoms in total. The van der Waals surface area contributed by atoms with Crippen molar-refractivity contribution in [3.8, 4) is 17.2 Å². The van der Waals surface area contributed by atoms with Crippen LogP contribution in [0.25, 0.3) is 0 Å². The van der Waals surface area contributed by atoms with Crippen LogP contribution in [0.4, 0.5) is 16.2 Å². The summed E-state index contributed by atoms with van der Waals surface area (Å²) in [5.74, 6) is 0.952. The molecular formula is C23H24N4O7. The van der Waals surface area contributed by atoms with Crippen molar-refractivity contribution in [3.05, 3.63) is 42.5 Å². The van der Waals surface area contributed by atoms with E-state index in [-0.39, 0.29) is 25.8 Å². The summed E-state index contributed by atoms with van der Waals surface area (Å²) in [5.41, 5.74) is 1.14. The predicted octanol–water partition coefficient (Wildman–Crippen LogP) is 1.19. The van der Waals surface area contributed by atoms with Crippen LogP contribution in [0, 0.1) is 0 Å². The Morgan fingerprint density at radius 3 is 2.62 bits per heavy atom. The molecule has 4 amide bonds. The summed E-state index contributed by atoms with van der Waals surface area (Å²) < 4.78 is 21.8. The summed E-state index contributed by atoms with van der Waals surface area (Å²) in [5, 5.41) is 4.93. The molecule has 3 heterocycles. The highest BCUT2D eigenvalue weighted by atomic mass is 16.7. The summed E-state index contributed by atoms with van der Waals surface area (Å²) in [6.45, 7) is 2.16. The number of amides is 4. The van der Waals surface area contributed by atoms with Crippen molar-refractivity contribution in [3.63, 3.8) is 0 Å². The average Bonchev–Trinajstić information content (AvgIpc) is 3.32. The molecule has 1 unspecified atom stereocenters. The van der Waals surface area contributed by atoms with Gasteiger partial charge in [-0.2, -0.15) is 0 Å². The van der Waals surface area contributed by atoms with E-state index in [0.717, 1.165) is 0 Å². The molecule has 0 aromatic heterocycles. The van der Waals surface area contributed by atoms with E-state index in [1.54, 1.807) is 40.1 Å². The second-order valence-electron chi connectivity index (χ2n) is 7.96. The summed E-state index contributed by atoms with van der Waals surface area (Å²) in [7, 11) is 0. The van der Waals surface area contributed by atoms with E-state index in [4.69, 9.17) is 18.9 Å². The van der Waals surface area contributed by atoms with Crippen molar-refractivity contribution in [1.29, 1.82) is 0 Å². The lowest BCUT2D eigenvalue weighted by Crippen LogP contribution is -2.54. The van der Waals surface area contributed by atoms with Crippen LogP contribution in [-0.2, 0) is 14.3 Å². The number of hydrogen-bond donors (Lipinski definition) is 2. The van der Waals surface area contributed by atoms with Crippen LogP contribution in [0.2, 0.25) is 0 Å². The van der Waals surface area contributed by atoms with Crippen molar-refractivity contribution in [2.75, 3.05) is 56.4 Å². The minimum absolute atomic E-state index is 0.123. The number of ether oxygens (including phenoxy) is 4. The van der Waals surface area contributed by atoms with Gasteiger partial charge in [-0.1, -0.05) is 12.1 Å². The van der Waals surface area contributed by atoms with E-state index < -0.39 is 18.0 Å². The Morgan fingerprint density at radius 1 is 0.971 bits per heavy atom. The molecule has 34 heavy (non-hydrogen) atoms. The highest BCUT2D eigenvalue weighted by molar-refractivity contribution is 6.02. The molecule has 3 aliphatic rings. The molecule has 11 heteroatoms. The fourth-order valence-corrected chi connectivity index (χ4v) is 4.05. The smallest absolute Gasteiger partial charge is 0.325 e. The SMILES string of the molecule is O=C(CN1CC(C(=O)N2CCOCC2)Oc2ccccc21)NC(=O)Nc1ccc2c(c1)OCO2. The topological polar surface area (TPSA) is 119 Å². The zero-order valence-electron chi connectivity index (χ0n) is 18.3. The van der Waals surface area contributed by atoms with Gasteiger partial charge in [0.15, 0.2) is 17.6 Å². The Labute approximate surface area is 195 Å². The first-order valence-corrected chi connectivity index (χ1v) is 10.9. The van der Waals surface area contributed by atoms with Gasteiger partial charge in [0.2, 0.25) is 12.7 Å². The first kappa shape index (κ1) is 21.8. The number of fused-ring (bicyclic) bond motifs is 2. The standard InChI is InChI=1S/C23H24N4O7/c28-21(25-23(30)24-15-5-6-18-19(11-15)33-14-32-18)13-27-12-20(22(29)26-7-9-31-10-8-26)34-17-4-2-1-3-16(17)27/h1-6,11,20H,7-10,12-14H2,(H2,24,25,28,30). The third-order valence-corrected chi connectivity index (χ3v) is 5.68. The Kier molecular flexibility index (Phi) is 6.09. The Balaban J connectivity index is 1.22. The maximum absolute atomic E-state index is 13.0. The number of hydrogen-bond acceptors (Lipinski definition) is 8. The van der Waals surface area contributed by atoms with Gasteiger partial charge in [0.05, 0.1) is 32.0 Å². The highest BCUT2D eigenvalue weighted by Gasteiger charge is 2.34. The van der Waals surface area contributed by atoms with Crippen LogP contribution < -0.4 is 29.7 Å². The summed E-state index contributed by atoms with van der Waals surface area (Å²) in [4.78, 5) is 41.5. The number of nitrogens with zero attached hydrogens (tertiary/aromatic N) is 2. The number of urea groups is 1. The highest BCUT2D eigenvalue weighted by Crippen LogP contribution is 2.35. The lowest BCUT2D eigenvalue weighted by molar-refractivity contribution is -0.142. The Bertz CT molecular complexity index is 1100. The van der Waals surface area contributed by atoms with E-state index in [0.29, 0.717) is 54.9 Å². The predicted molar refractivity (Wildman–Crippen MR) is 120 cm³/mol. The zero-order chi connectivity index (χ0) is 23.5. The maximum Gasteiger partial charge on any atom is 0.325 e. The molecule has 5 rings (SSSR count). The number of imide groups is 1. The van der Waals surface area contributed by atoms with Crippen molar-refractivity contribution >= 4 is 29.2 Å². The fourth-order valence-electron chi connectivity index (χ4n) is 4.05. The summed E-state index contributed by atoms with van der Waals surface area (Å²) in [6.07, 6.45) is -0.761. The molecule has 0 bridgehead atoms. The van der Waals surface area contributed by atoms with Crippen molar-refractivity contribution in [1.82, 2.24) is 10.2 Å². The van der Waals surface area contributed by atoms with Gasteiger partial charge in [-0.05, 0) is 24.3 Å². The van der Waals surface area contributed by atoms with Crippen molar-refractivity contribution in [2.24, 2.45) is 0 Å². The molecule has 2 aromatic carbocycles. The van der Waals surface area contributed by atoms with Crippen LogP contribution in [-0.4, -0.2) is 75.0 Å². The summed E-state index contributed by atoms with van der Waals surface area (Å²) in [6, 6.07) is 11.5. The number of morpholine rings is 1. The van der Waals surface area contributed by atoms with E-state index in [9.17, 15) is 14.4 Å². The van der Waals surface area contributed by atoms with Gasteiger partial charge in [0.25, 0.3) is 5.91 Å². The molecule has 178 valence electrons. The number of benzene rings is 2. The maximum atomic E-state index is 13.0. The molecular weight excluding hydrogens is 444 g/mol. The molecule has 2 aromatic rings. The molecule has 0 aliphatic carbocycles. The fraction of sp³-hybridized carbons (Fsp3) is 0.348. The zero-order valence-corrected chi connectivity index (χ0v) is 18.3. The second-order valence-corrected chi connectivity index (χ2v) is 7.96. The molecule has 1 fully saturated rings. The first-order chi connectivity index (χ1) is 16.6. The minimum atomic E-state index is -0.761. The average molecular weight is 468 g/mol. The van der Waals surface area contributed by atoms with Gasteiger partial charge in [-0.25, -0.2) is 4.79 Å². The van der Waals surface area contributed by atoms with Crippen LogP contribution in [0.3, 0.4) is 0 Å². The van der Waals surface area contributed by atoms with Gasteiger partial charge in [0.1, 0.15) is 5.75 Å². The van der Waals surface area contributed by atoms with Crippen molar-refractivity contribution < 1.29 is 33.3 Å². The first-order valence-electron chi connectivity index (χ1n) is 10.9. The van der Waals surface area contributed by atoms with Crippen LogP contribution in [0.1, 0.15) is 0 Å². The molecule has 0 saturated carbocycles. The van der Waals surface area contributed by atoms with E-state index in [2.05, 4.69) is 10.6 Å². The lowest BCUT2D eigenvalue weighted by atomic mass is 10.1. The molecule has 3 aliphatic heterocycles. The van der Waals surface area contributed by atoms with E-state index in [1.165, 1.54) is 0 Å². The summed E-state index contributed by atoms with van der Waals surface area (Å²) >= 11 is 0. The molecule has 0 spiro atoms. The Morgan fingerprint density at radius 2 is 1.76 bits per heavy atom. The third-order valence-electron chi connectivity index (χ3n) is 5.68. The molecule has 2 N–H and O–H groups in total. The number of para-hydroxylation sites is 2. The normalized spacial score (nSPS) is 18.5. The van der Waals surface area contributed by atoms with Gasteiger partial charge >= 0.3 is 6.03 Å². The van der Waals surface area contributed by atoms with Crippen LogP contribution in [0.5, 0.6) is 17.2 Å².